The van der Waals surface area contributed by atoms with Gasteiger partial charge in [-0.2, -0.15) is 0 Å². The fourth-order valence-electron chi connectivity index (χ4n) is 9.30. The zero-order valence-corrected chi connectivity index (χ0v) is 30.8. The normalized spacial score (nSPS) is 18.0. The molecule has 2 unspecified atom stereocenters. The second kappa shape index (κ2) is 11.9. The van der Waals surface area contributed by atoms with Crippen molar-refractivity contribution < 1.29 is 0 Å². The Morgan fingerprint density at radius 2 is 0.648 bits per heavy atom. The van der Waals surface area contributed by atoms with Crippen LogP contribution in [0.2, 0.25) is 0 Å². The monoisotopic (exact) mass is 727 g/mol. The van der Waals surface area contributed by atoms with Gasteiger partial charge in [0.2, 0.25) is 0 Å². The van der Waals surface area contributed by atoms with Crippen LogP contribution in [0, 0.1) is 0 Å². The second-order valence-electron chi connectivity index (χ2n) is 14.5. The van der Waals surface area contributed by atoms with Crippen molar-refractivity contribution in [1.29, 1.82) is 0 Å². The molecule has 256 valence electrons. The smallest absolute Gasteiger partial charge is 0.0871 e. The van der Waals surface area contributed by atoms with Crippen molar-refractivity contribution in [2.75, 3.05) is 0 Å². The largest absolute Gasteiger partial charge is 0.279 e. The number of hydrogen-bond donors (Lipinski definition) is 3. The summed E-state index contributed by atoms with van der Waals surface area (Å²) in [6.07, 6.45) is -0.432. The van der Waals surface area contributed by atoms with E-state index in [2.05, 4.69) is 180 Å². The Labute approximate surface area is 319 Å². The minimum absolute atomic E-state index is 0.133. The maximum absolute atomic E-state index is 4.14. The zero-order valence-electron chi connectivity index (χ0n) is 29.1. The number of rotatable bonds is 3. The Balaban J connectivity index is 1.13. The molecule has 0 saturated carbocycles. The number of fused-ring (bicyclic) bond motifs is 14. The van der Waals surface area contributed by atoms with Gasteiger partial charge >= 0.3 is 0 Å². The predicted molar refractivity (Wildman–Crippen MR) is 233 cm³/mol. The van der Waals surface area contributed by atoms with Crippen LogP contribution in [0.25, 0.3) is 83.4 Å². The molecule has 0 amide bonds. The molecule has 5 heteroatoms. The zero-order chi connectivity index (χ0) is 35.3. The Kier molecular flexibility index (Phi) is 6.79. The molecule has 1 aliphatic rings. The van der Waals surface area contributed by atoms with Crippen LogP contribution in [0.1, 0.15) is 35.2 Å². The summed E-state index contributed by atoms with van der Waals surface area (Å²) in [5.41, 5.74) is 3.79. The molecule has 0 spiro atoms. The van der Waals surface area contributed by atoms with Gasteiger partial charge in [0.1, 0.15) is 0 Å². The quantitative estimate of drug-likeness (QED) is 0.159. The van der Waals surface area contributed by atoms with Crippen molar-refractivity contribution >= 4 is 106 Å². The third kappa shape index (κ3) is 4.51. The lowest BCUT2D eigenvalue weighted by Gasteiger charge is -2.40. The lowest BCUT2D eigenvalue weighted by molar-refractivity contribution is 0.206. The highest BCUT2D eigenvalue weighted by Gasteiger charge is 2.33. The molecule has 0 bridgehead atoms. The standard InChI is InChI=1S/C49H33N3S2/c1-2-15-30-28(13-1)29-14-3-5-17-32(29)44-33-18-6-4-16-31(33)39(27-38(30)44)49-51-47(36-21-11-25-42-45(36)34-19-7-9-23-40(34)53-42)50-48(52-49)37-22-12-26-43-46(37)35-20-8-10-24-41(35)54-43/h1-27,47-52H. The van der Waals surface area contributed by atoms with Crippen LogP contribution in [0.3, 0.4) is 0 Å². The molecule has 1 fully saturated rings. The summed E-state index contributed by atoms with van der Waals surface area (Å²) in [5.74, 6) is 0. The Bertz CT molecular complexity index is 3180. The topological polar surface area (TPSA) is 36.1 Å². The van der Waals surface area contributed by atoms with E-state index in [-0.39, 0.29) is 18.5 Å². The Morgan fingerprint density at radius 3 is 1.19 bits per heavy atom. The van der Waals surface area contributed by atoms with Gasteiger partial charge < -0.3 is 0 Å². The van der Waals surface area contributed by atoms with Gasteiger partial charge in [-0.3, -0.25) is 16.0 Å². The van der Waals surface area contributed by atoms with Crippen molar-refractivity contribution in [1.82, 2.24) is 16.0 Å². The third-order valence-corrected chi connectivity index (χ3v) is 13.9. The van der Waals surface area contributed by atoms with E-state index in [0.717, 1.165) is 0 Å². The van der Waals surface area contributed by atoms with E-state index in [1.165, 1.54) is 100 Å². The summed E-state index contributed by atoms with van der Waals surface area (Å²) < 4.78 is 5.25. The lowest BCUT2D eigenvalue weighted by Crippen LogP contribution is -2.54. The molecule has 3 heterocycles. The van der Waals surface area contributed by atoms with Crippen LogP contribution in [0.5, 0.6) is 0 Å². The number of benzene rings is 9. The number of hydrogen-bond acceptors (Lipinski definition) is 5. The number of thiophene rings is 2. The van der Waals surface area contributed by atoms with Gasteiger partial charge in [0.15, 0.2) is 0 Å². The van der Waals surface area contributed by atoms with Crippen molar-refractivity contribution in [3.05, 3.63) is 180 Å². The van der Waals surface area contributed by atoms with Crippen LogP contribution >= 0.6 is 22.7 Å². The Hall–Kier alpha value is -5.66. The van der Waals surface area contributed by atoms with E-state index in [1.807, 2.05) is 22.7 Å². The van der Waals surface area contributed by atoms with Crippen LogP contribution in [-0.2, 0) is 0 Å². The molecule has 0 radical (unpaired) electrons. The molecule has 9 aromatic carbocycles. The summed E-state index contributed by atoms with van der Waals surface area (Å²) in [6, 6.07) is 60.5. The van der Waals surface area contributed by atoms with Gasteiger partial charge in [-0.25, -0.2) is 0 Å². The first kappa shape index (κ1) is 30.8. The molecule has 3 N–H and O–H groups in total. The van der Waals surface area contributed by atoms with Crippen molar-refractivity contribution in [2.24, 2.45) is 0 Å². The minimum atomic E-state index is -0.166. The van der Waals surface area contributed by atoms with E-state index in [4.69, 9.17) is 0 Å². The lowest BCUT2D eigenvalue weighted by atomic mass is 9.88. The first-order valence-electron chi connectivity index (χ1n) is 18.6. The first-order valence-corrected chi connectivity index (χ1v) is 20.2. The maximum Gasteiger partial charge on any atom is 0.0871 e. The molecule has 12 rings (SSSR count). The van der Waals surface area contributed by atoms with E-state index < -0.39 is 0 Å². The third-order valence-electron chi connectivity index (χ3n) is 11.6. The fourth-order valence-corrected chi connectivity index (χ4v) is 11.6. The molecular formula is C49H33N3S2. The summed E-state index contributed by atoms with van der Waals surface area (Å²) in [4.78, 5) is 0. The van der Waals surface area contributed by atoms with E-state index in [9.17, 15) is 0 Å². The SMILES string of the molecule is c1ccc2c(c1)sc1cccc(C3NC(c4cc5c6ccccc6c6ccccc6c5c5ccccc45)NC(c4cccc5sc6ccccc6c45)N3)c12. The van der Waals surface area contributed by atoms with Crippen LogP contribution in [-0.4, -0.2) is 0 Å². The highest BCUT2D eigenvalue weighted by molar-refractivity contribution is 7.26. The van der Waals surface area contributed by atoms with E-state index in [0.29, 0.717) is 0 Å². The van der Waals surface area contributed by atoms with Gasteiger partial charge in [-0.15, -0.1) is 22.7 Å². The maximum atomic E-state index is 4.14. The minimum Gasteiger partial charge on any atom is -0.279 e. The molecule has 54 heavy (non-hydrogen) atoms. The molecule has 1 saturated heterocycles. The molecular weight excluding hydrogens is 695 g/mol. The molecule has 1 aliphatic heterocycles. The highest BCUT2D eigenvalue weighted by atomic mass is 32.1. The molecule has 2 atom stereocenters. The second-order valence-corrected chi connectivity index (χ2v) is 16.6. The molecule has 0 aliphatic carbocycles. The van der Waals surface area contributed by atoms with Crippen LogP contribution in [0.15, 0.2) is 164 Å². The average Bonchev–Trinajstić information content (AvgIpc) is 3.82. The van der Waals surface area contributed by atoms with Gasteiger partial charge in [-0.1, -0.05) is 133 Å². The summed E-state index contributed by atoms with van der Waals surface area (Å²) in [6.45, 7) is 0. The van der Waals surface area contributed by atoms with Gasteiger partial charge in [0, 0.05) is 40.3 Å². The van der Waals surface area contributed by atoms with E-state index in [1.54, 1.807) is 0 Å². The Morgan fingerprint density at radius 1 is 0.278 bits per heavy atom. The van der Waals surface area contributed by atoms with Crippen molar-refractivity contribution in [3.8, 4) is 0 Å². The van der Waals surface area contributed by atoms with Crippen molar-refractivity contribution in [2.45, 2.75) is 18.5 Å². The first-order chi connectivity index (χ1) is 26.8. The summed E-state index contributed by atoms with van der Waals surface area (Å²) >= 11 is 3.75. The van der Waals surface area contributed by atoms with Crippen LogP contribution in [0.4, 0.5) is 0 Å². The van der Waals surface area contributed by atoms with Gasteiger partial charge in [0.25, 0.3) is 0 Å². The predicted octanol–water partition coefficient (Wildman–Crippen LogP) is 13.2. The van der Waals surface area contributed by atoms with Gasteiger partial charge in [0.05, 0.1) is 18.5 Å². The van der Waals surface area contributed by atoms with Crippen molar-refractivity contribution in [3.63, 3.8) is 0 Å². The molecule has 3 nitrogen and oxygen atoms in total. The van der Waals surface area contributed by atoms with Crippen LogP contribution < -0.4 is 16.0 Å². The molecule has 2 aromatic heterocycles. The van der Waals surface area contributed by atoms with Gasteiger partial charge in [-0.05, 0) is 90.1 Å². The average molecular weight is 728 g/mol. The summed E-state index contributed by atoms with van der Waals surface area (Å²) in [5, 5.41) is 27.9. The summed E-state index contributed by atoms with van der Waals surface area (Å²) in [7, 11) is 0. The van der Waals surface area contributed by atoms with E-state index >= 15 is 0 Å². The number of nitrogens with one attached hydrogen (secondary N) is 3. The fraction of sp³-hybridized carbons (Fsp3) is 0.0612. The highest BCUT2D eigenvalue weighted by Crippen LogP contribution is 2.45. The molecule has 11 aromatic rings.